The normalized spacial score (nSPS) is 21.2. The molecule has 0 aliphatic carbocycles. The highest BCUT2D eigenvalue weighted by Gasteiger charge is 2.40. The minimum Gasteiger partial charge on any atom is -0.376 e. The molecule has 0 aromatic carbocycles. The van der Waals surface area contributed by atoms with Gasteiger partial charge >= 0.3 is 8.80 Å². The van der Waals surface area contributed by atoms with Crippen molar-refractivity contribution in [3.05, 3.63) is 0 Å². The minimum atomic E-state index is -2.52. The fraction of sp³-hybridized carbons (Fsp3) is 1.00. The predicted molar refractivity (Wildman–Crippen MR) is 70.6 cm³/mol. The topological polar surface area (TPSA) is 46.2 Å². The summed E-state index contributed by atoms with van der Waals surface area (Å²) in [7, 11) is -2.52. The molecule has 0 aromatic rings. The van der Waals surface area contributed by atoms with E-state index in [9.17, 15) is 0 Å². The van der Waals surface area contributed by atoms with E-state index in [0.717, 1.165) is 12.5 Å². The monoisotopic (exact) mass is 278 g/mol. The number of rotatable bonds is 9. The summed E-state index contributed by atoms with van der Waals surface area (Å²) in [4.78, 5) is 0. The molecule has 0 spiro atoms. The fourth-order valence-corrected chi connectivity index (χ4v) is 4.72. The molecule has 0 bridgehead atoms. The third-order valence-electron chi connectivity index (χ3n) is 2.75. The molecule has 5 nitrogen and oxygen atoms in total. The molecule has 0 saturated carbocycles. The molecule has 6 heteroatoms. The fourth-order valence-electron chi connectivity index (χ4n) is 2.04. The first-order valence-electron chi connectivity index (χ1n) is 6.87. The molecule has 1 aliphatic rings. The van der Waals surface area contributed by atoms with Crippen LogP contribution in [0.2, 0.25) is 6.04 Å². The molecule has 0 N–H and O–H groups in total. The van der Waals surface area contributed by atoms with Gasteiger partial charge in [0.25, 0.3) is 0 Å². The van der Waals surface area contributed by atoms with E-state index in [2.05, 4.69) is 0 Å². The van der Waals surface area contributed by atoms with E-state index < -0.39 is 8.80 Å². The van der Waals surface area contributed by atoms with Crippen LogP contribution in [0.3, 0.4) is 0 Å². The molecule has 108 valence electrons. The molecule has 1 aliphatic heterocycles. The van der Waals surface area contributed by atoms with Crippen LogP contribution in [0, 0.1) is 0 Å². The van der Waals surface area contributed by atoms with Gasteiger partial charge in [0.1, 0.15) is 0 Å². The van der Waals surface area contributed by atoms with Gasteiger partial charge in [-0.15, -0.1) is 0 Å². The smallest absolute Gasteiger partial charge is 0.376 e. The van der Waals surface area contributed by atoms with E-state index in [4.69, 9.17) is 22.8 Å². The summed E-state index contributed by atoms with van der Waals surface area (Å²) < 4.78 is 28.4. The first-order chi connectivity index (χ1) is 8.76. The van der Waals surface area contributed by atoms with Crippen LogP contribution in [0.15, 0.2) is 0 Å². The lowest BCUT2D eigenvalue weighted by atomic mass is 10.3. The zero-order chi connectivity index (χ0) is 13.3. The van der Waals surface area contributed by atoms with Crippen LogP contribution in [-0.4, -0.2) is 54.5 Å². The van der Waals surface area contributed by atoms with Gasteiger partial charge in [-0.1, -0.05) is 0 Å². The van der Waals surface area contributed by atoms with Crippen LogP contribution in [0.4, 0.5) is 0 Å². The molecule has 1 heterocycles. The van der Waals surface area contributed by atoms with Crippen LogP contribution in [0.25, 0.3) is 0 Å². The van der Waals surface area contributed by atoms with Crippen molar-refractivity contribution < 1.29 is 22.8 Å². The van der Waals surface area contributed by atoms with Crippen molar-refractivity contribution in [3.63, 3.8) is 0 Å². The highest BCUT2D eigenvalue weighted by Crippen LogP contribution is 2.21. The third-order valence-corrected chi connectivity index (χ3v) is 5.84. The Bertz CT molecular complexity index is 192. The summed E-state index contributed by atoms with van der Waals surface area (Å²) >= 11 is 0. The molecule has 0 amide bonds. The van der Waals surface area contributed by atoms with Crippen molar-refractivity contribution in [3.8, 4) is 0 Å². The molecular weight excluding hydrogens is 252 g/mol. The Kier molecular flexibility index (Phi) is 8.04. The van der Waals surface area contributed by atoms with Crippen LogP contribution in [-0.2, 0) is 22.8 Å². The minimum absolute atomic E-state index is 0.145. The summed E-state index contributed by atoms with van der Waals surface area (Å²) in [5.41, 5.74) is 0. The standard InChI is InChI=1S/C12H26O5Si/c1-4-15-18(16-5-2,17-6-3)10-7-12-11-13-8-9-14-12/h12H,4-11H2,1-3H3. The van der Waals surface area contributed by atoms with Crippen LogP contribution in [0.5, 0.6) is 0 Å². The zero-order valence-electron chi connectivity index (χ0n) is 11.8. The number of hydrogen-bond donors (Lipinski definition) is 0. The zero-order valence-corrected chi connectivity index (χ0v) is 12.8. The second-order valence-electron chi connectivity index (χ2n) is 4.09. The quantitative estimate of drug-likeness (QED) is 0.602. The van der Waals surface area contributed by atoms with Crippen molar-refractivity contribution >= 4 is 8.80 Å². The maximum atomic E-state index is 5.80. The maximum absolute atomic E-state index is 5.80. The van der Waals surface area contributed by atoms with E-state index in [1.807, 2.05) is 20.8 Å². The number of ether oxygens (including phenoxy) is 2. The average Bonchev–Trinajstić information content (AvgIpc) is 2.39. The Balaban J connectivity index is 2.46. The SMILES string of the molecule is CCO[Si](CCC1COCCO1)(OCC)OCC. The van der Waals surface area contributed by atoms with E-state index in [0.29, 0.717) is 39.6 Å². The second-order valence-corrected chi connectivity index (χ2v) is 6.82. The Labute approximate surface area is 111 Å². The first kappa shape index (κ1) is 16.1. The molecule has 1 rings (SSSR count). The van der Waals surface area contributed by atoms with Gasteiger partial charge in [0, 0.05) is 25.9 Å². The largest absolute Gasteiger partial charge is 0.501 e. The van der Waals surface area contributed by atoms with E-state index >= 15 is 0 Å². The molecule has 1 atom stereocenters. The summed E-state index contributed by atoms with van der Waals surface area (Å²) in [5.74, 6) is 0. The average molecular weight is 278 g/mol. The lowest BCUT2D eigenvalue weighted by Gasteiger charge is -2.30. The van der Waals surface area contributed by atoms with Gasteiger partial charge in [-0.25, -0.2) is 0 Å². The molecular formula is C12H26O5Si. The van der Waals surface area contributed by atoms with Crippen LogP contribution in [0.1, 0.15) is 27.2 Å². The third kappa shape index (κ3) is 5.34. The van der Waals surface area contributed by atoms with Crippen molar-refractivity contribution in [2.45, 2.75) is 39.3 Å². The Morgan fingerprint density at radius 3 is 2.06 bits per heavy atom. The maximum Gasteiger partial charge on any atom is 0.501 e. The molecule has 18 heavy (non-hydrogen) atoms. The summed E-state index contributed by atoms with van der Waals surface area (Å²) in [6.07, 6.45) is 1.01. The van der Waals surface area contributed by atoms with E-state index in [1.165, 1.54) is 0 Å². The molecule has 1 unspecified atom stereocenters. The van der Waals surface area contributed by atoms with E-state index in [-0.39, 0.29) is 6.10 Å². The van der Waals surface area contributed by atoms with Crippen LogP contribution >= 0.6 is 0 Å². The van der Waals surface area contributed by atoms with Gasteiger partial charge in [0.05, 0.1) is 25.9 Å². The highest BCUT2D eigenvalue weighted by molar-refractivity contribution is 6.60. The van der Waals surface area contributed by atoms with Crippen molar-refractivity contribution in [1.82, 2.24) is 0 Å². The van der Waals surface area contributed by atoms with Crippen LogP contribution < -0.4 is 0 Å². The molecule has 1 saturated heterocycles. The highest BCUT2D eigenvalue weighted by atomic mass is 28.4. The van der Waals surface area contributed by atoms with Crippen molar-refractivity contribution in [1.29, 1.82) is 0 Å². The van der Waals surface area contributed by atoms with Gasteiger partial charge < -0.3 is 22.8 Å². The number of hydrogen-bond acceptors (Lipinski definition) is 5. The summed E-state index contributed by atoms with van der Waals surface area (Å²) in [6.45, 7) is 9.81. The molecule has 1 fully saturated rings. The second kappa shape index (κ2) is 9.01. The predicted octanol–water partition coefficient (Wildman–Crippen LogP) is 1.84. The Hall–Kier alpha value is 0.0169. The lowest BCUT2D eigenvalue weighted by Crippen LogP contribution is -2.47. The Morgan fingerprint density at radius 1 is 1.00 bits per heavy atom. The summed E-state index contributed by atoms with van der Waals surface area (Å²) in [5, 5.41) is 0. The van der Waals surface area contributed by atoms with Gasteiger partial charge in [0.15, 0.2) is 0 Å². The molecule has 0 radical (unpaired) electrons. The van der Waals surface area contributed by atoms with Crippen molar-refractivity contribution in [2.75, 3.05) is 39.6 Å². The van der Waals surface area contributed by atoms with Gasteiger partial charge in [-0.05, 0) is 27.2 Å². The van der Waals surface area contributed by atoms with Crippen molar-refractivity contribution in [2.24, 2.45) is 0 Å². The van der Waals surface area contributed by atoms with Gasteiger partial charge in [-0.2, -0.15) is 0 Å². The Morgan fingerprint density at radius 2 is 1.61 bits per heavy atom. The van der Waals surface area contributed by atoms with Gasteiger partial charge in [-0.3, -0.25) is 0 Å². The van der Waals surface area contributed by atoms with E-state index in [1.54, 1.807) is 0 Å². The summed E-state index contributed by atoms with van der Waals surface area (Å²) in [6, 6.07) is 0.788. The lowest BCUT2D eigenvalue weighted by molar-refractivity contribution is -0.0903. The first-order valence-corrected chi connectivity index (χ1v) is 8.80. The molecule has 0 aromatic heterocycles. The van der Waals surface area contributed by atoms with Gasteiger partial charge in [0.2, 0.25) is 0 Å².